The Morgan fingerprint density at radius 2 is 2.20 bits per heavy atom. The van der Waals surface area contributed by atoms with Gasteiger partial charge in [0.1, 0.15) is 24.6 Å². The highest BCUT2D eigenvalue weighted by atomic mass is 16.5. The van der Waals surface area contributed by atoms with E-state index in [9.17, 15) is 5.11 Å². The second-order valence-electron chi connectivity index (χ2n) is 6.58. The first-order valence-corrected chi connectivity index (χ1v) is 8.72. The molecular formula is C19H23N3O3. The molecule has 2 aliphatic rings. The molecule has 3 heterocycles. The Bertz CT molecular complexity index is 771. The van der Waals surface area contributed by atoms with Gasteiger partial charge in [0.05, 0.1) is 12.4 Å². The zero-order chi connectivity index (χ0) is 17.2. The molecular weight excluding hydrogens is 318 g/mol. The minimum absolute atomic E-state index is 0.230. The van der Waals surface area contributed by atoms with Crippen LogP contribution in [0.5, 0.6) is 11.5 Å². The smallest absolute Gasteiger partial charge is 0.157 e. The van der Waals surface area contributed by atoms with Gasteiger partial charge in [0.25, 0.3) is 0 Å². The largest absolute Gasteiger partial charge is 0.489 e. The van der Waals surface area contributed by atoms with Crippen molar-refractivity contribution in [1.29, 1.82) is 0 Å². The summed E-state index contributed by atoms with van der Waals surface area (Å²) in [6, 6.07) is 8.05. The SMILES string of the molecule is CCn1cc(O[C@@H]2CN(CC3=Cc4ccccc4OC3)C[C@H]2O)cn1. The first-order valence-electron chi connectivity index (χ1n) is 8.72. The minimum Gasteiger partial charge on any atom is -0.489 e. The van der Waals surface area contributed by atoms with Crippen molar-refractivity contribution in [1.82, 2.24) is 14.7 Å². The van der Waals surface area contributed by atoms with Gasteiger partial charge in [0.2, 0.25) is 0 Å². The number of benzene rings is 1. The zero-order valence-corrected chi connectivity index (χ0v) is 14.3. The standard InChI is InChI=1S/C19H23N3O3/c1-2-22-10-16(8-20-22)25-19-12-21(11-17(19)23)9-14-7-15-5-3-4-6-18(15)24-13-14/h3-8,10,17,19,23H,2,9,11-13H2,1H3/t17-,19-/m1/s1. The number of para-hydroxylation sites is 1. The molecule has 0 amide bonds. The van der Waals surface area contributed by atoms with Gasteiger partial charge in [-0.15, -0.1) is 0 Å². The molecule has 0 bridgehead atoms. The molecule has 2 aromatic rings. The molecule has 0 spiro atoms. The summed E-state index contributed by atoms with van der Waals surface area (Å²) in [6.07, 6.45) is 5.02. The summed E-state index contributed by atoms with van der Waals surface area (Å²) in [5.74, 6) is 1.64. The molecule has 0 aliphatic carbocycles. The molecule has 1 saturated heterocycles. The number of hydrogen-bond donors (Lipinski definition) is 1. The van der Waals surface area contributed by atoms with Crippen molar-refractivity contribution in [2.75, 3.05) is 26.2 Å². The lowest BCUT2D eigenvalue weighted by atomic mass is 10.1. The highest BCUT2D eigenvalue weighted by molar-refractivity contribution is 5.62. The van der Waals surface area contributed by atoms with Gasteiger partial charge in [-0.3, -0.25) is 9.58 Å². The van der Waals surface area contributed by atoms with Crippen LogP contribution in [-0.2, 0) is 6.54 Å². The Kier molecular flexibility index (Phi) is 4.46. The average Bonchev–Trinajstić information content (AvgIpc) is 3.22. The third-order valence-corrected chi connectivity index (χ3v) is 4.65. The van der Waals surface area contributed by atoms with Crippen LogP contribution in [0.15, 0.2) is 42.2 Å². The van der Waals surface area contributed by atoms with Crippen molar-refractivity contribution in [3.8, 4) is 11.5 Å². The maximum absolute atomic E-state index is 10.3. The number of likely N-dealkylation sites (tertiary alicyclic amines) is 1. The normalized spacial score (nSPS) is 23.0. The van der Waals surface area contributed by atoms with Crippen LogP contribution in [0.3, 0.4) is 0 Å². The summed E-state index contributed by atoms with van der Waals surface area (Å²) in [5, 5.41) is 14.5. The lowest BCUT2D eigenvalue weighted by molar-refractivity contribution is 0.0736. The molecule has 0 unspecified atom stereocenters. The zero-order valence-electron chi connectivity index (χ0n) is 14.3. The van der Waals surface area contributed by atoms with E-state index in [1.54, 1.807) is 6.20 Å². The summed E-state index contributed by atoms with van der Waals surface area (Å²) in [4.78, 5) is 2.21. The number of nitrogens with zero attached hydrogens (tertiary/aromatic N) is 3. The number of aryl methyl sites for hydroxylation is 1. The van der Waals surface area contributed by atoms with Crippen LogP contribution in [0.2, 0.25) is 0 Å². The van der Waals surface area contributed by atoms with E-state index < -0.39 is 6.10 Å². The molecule has 6 nitrogen and oxygen atoms in total. The van der Waals surface area contributed by atoms with Gasteiger partial charge in [-0.2, -0.15) is 5.10 Å². The molecule has 1 aromatic heterocycles. The van der Waals surface area contributed by atoms with Crippen LogP contribution in [0, 0.1) is 0 Å². The van der Waals surface area contributed by atoms with Crippen molar-refractivity contribution in [2.24, 2.45) is 0 Å². The highest BCUT2D eigenvalue weighted by Crippen LogP contribution is 2.27. The lowest BCUT2D eigenvalue weighted by Crippen LogP contribution is -2.30. The Balaban J connectivity index is 1.38. The second-order valence-corrected chi connectivity index (χ2v) is 6.58. The first kappa shape index (κ1) is 16.2. The van der Waals surface area contributed by atoms with Crippen molar-refractivity contribution >= 4 is 6.08 Å². The minimum atomic E-state index is -0.498. The monoisotopic (exact) mass is 341 g/mol. The molecule has 1 N–H and O–H groups in total. The van der Waals surface area contributed by atoms with Gasteiger partial charge in [-0.25, -0.2) is 0 Å². The van der Waals surface area contributed by atoms with Crippen LogP contribution >= 0.6 is 0 Å². The number of aliphatic hydroxyl groups excluding tert-OH is 1. The van der Waals surface area contributed by atoms with Crippen molar-refractivity contribution in [3.05, 3.63) is 47.8 Å². The maximum atomic E-state index is 10.3. The number of β-amino-alcohol motifs (C(OH)–C–C–N with tert-alkyl or cyclic N) is 1. The van der Waals surface area contributed by atoms with Crippen LogP contribution in [0.1, 0.15) is 12.5 Å². The molecule has 6 heteroatoms. The van der Waals surface area contributed by atoms with Gasteiger partial charge >= 0.3 is 0 Å². The molecule has 1 fully saturated rings. The van der Waals surface area contributed by atoms with Crippen molar-refractivity contribution in [2.45, 2.75) is 25.7 Å². The van der Waals surface area contributed by atoms with E-state index in [1.165, 1.54) is 5.57 Å². The van der Waals surface area contributed by atoms with Crippen molar-refractivity contribution < 1.29 is 14.6 Å². The molecule has 4 rings (SSSR count). The molecule has 25 heavy (non-hydrogen) atoms. The quantitative estimate of drug-likeness (QED) is 0.899. The number of aliphatic hydroxyl groups is 1. The predicted octanol–water partition coefficient (Wildman–Crippen LogP) is 1.80. The molecule has 2 aliphatic heterocycles. The fourth-order valence-corrected chi connectivity index (χ4v) is 3.37. The number of aromatic nitrogens is 2. The highest BCUT2D eigenvalue weighted by Gasteiger charge is 2.33. The molecule has 0 radical (unpaired) electrons. The van der Waals surface area contributed by atoms with Crippen LogP contribution < -0.4 is 9.47 Å². The van der Waals surface area contributed by atoms with Crippen LogP contribution in [0.4, 0.5) is 0 Å². The average molecular weight is 341 g/mol. The van der Waals surface area contributed by atoms with E-state index in [0.717, 1.165) is 24.4 Å². The van der Waals surface area contributed by atoms with Gasteiger partial charge in [0.15, 0.2) is 5.75 Å². The summed E-state index contributed by atoms with van der Waals surface area (Å²) in [6.45, 7) is 5.50. The van der Waals surface area contributed by atoms with E-state index in [1.807, 2.05) is 36.0 Å². The third-order valence-electron chi connectivity index (χ3n) is 4.65. The van der Waals surface area contributed by atoms with Crippen LogP contribution in [-0.4, -0.2) is 58.2 Å². The van der Waals surface area contributed by atoms with E-state index in [0.29, 0.717) is 25.4 Å². The summed E-state index contributed by atoms with van der Waals surface area (Å²) in [7, 11) is 0. The van der Waals surface area contributed by atoms with Crippen LogP contribution in [0.25, 0.3) is 6.08 Å². The van der Waals surface area contributed by atoms with Gasteiger partial charge < -0.3 is 14.6 Å². The molecule has 0 saturated carbocycles. The molecule has 1 aromatic carbocycles. The Hall–Kier alpha value is -2.31. The summed E-state index contributed by atoms with van der Waals surface area (Å²) >= 11 is 0. The Morgan fingerprint density at radius 3 is 3.04 bits per heavy atom. The predicted molar refractivity (Wildman–Crippen MR) is 94.7 cm³/mol. The lowest BCUT2D eigenvalue weighted by Gasteiger charge is -2.22. The number of fused-ring (bicyclic) bond motifs is 1. The van der Waals surface area contributed by atoms with Crippen molar-refractivity contribution in [3.63, 3.8) is 0 Å². The number of ether oxygens (including phenoxy) is 2. The Labute approximate surface area is 147 Å². The van der Waals surface area contributed by atoms with E-state index in [4.69, 9.17) is 9.47 Å². The fraction of sp³-hybridized carbons (Fsp3) is 0.421. The third kappa shape index (κ3) is 3.55. The fourth-order valence-electron chi connectivity index (χ4n) is 3.37. The van der Waals surface area contributed by atoms with Gasteiger partial charge in [-0.05, 0) is 24.6 Å². The van der Waals surface area contributed by atoms with Gasteiger partial charge in [-0.1, -0.05) is 18.2 Å². The van der Waals surface area contributed by atoms with Gasteiger partial charge in [0, 0.05) is 31.7 Å². The Morgan fingerprint density at radius 1 is 1.32 bits per heavy atom. The number of rotatable bonds is 5. The molecule has 132 valence electrons. The first-order chi connectivity index (χ1) is 12.2. The maximum Gasteiger partial charge on any atom is 0.157 e. The topological polar surface area (TPSA) is 59.8 Å². The van der Waals surface area contributed by atoms with E-state index >= 15 is 0 Å². The number of hydrogen-bond acceptors (Lipinski definition) is 5. The molecule has 2 atom stereocenters. The summed E-state index contributed by atoms with van der Waals surface area (Å²) in [5.41, 5.74) is 2.33. The van der Waals surface area contributed by atoms with E-state index in [2.05, 4.69) is 22.1 Å². The summed E-state index contributed by atoms with van der Waals surface area (Å²) < 4.78 is 13.5. The van der Waals surface area contributed by atoms with E-state index in [-0.39, 0.29) is 6.10 Å². The second kappa shape index (κ2) is 6.90.